The lowest BCUT2D eigenvalue weighted by molar-refractivity contribution is -0.898. The molecule has 3 nitrogen and oxygen atoms in total. The molecule has 0 aromatic heterocycles. The first-order valence-electron chi connectivity index (χ1n) is 9.64. The molecule has 0 unspecified atom stereocenters. The van der Waals surface area contributed by atoms with Gasteiger partial charge in [0.1, 0.15) is 0 Å². The molecule has 1 aromatic rings. The quantitative estimate of drug-likeness (QED) is 0.853. The van der Waals surface area contributed by atoms with Crippen molar-refractivity contribution < 1.29 is 9.69 Å². The average molecular weight is 327 g/mol. The van der Waals surface area contributed by atoms with Crippen molar-refractivity contribution in [2.45, 2.75) is 38.5 Å². The lowest BCUT2D eigenvalue weighted by Crippen LogP contribution is -3.14. The van der Waals surface area contributed by atoms with Crippen molar-refractivity contribution in [3.8, 4) is 0 Å². The highest BCUT2D eigenvalue weighted by Crippen LogP contribution is 2.28. The summed E-state index contributed by atoms with van der Waals surface area (Å²) in [5, 5.41) is 0. The predicted octanol–water partition coefficient (Wildman–Crippen LogP) is 2.40. The molecule has 0 spiro atoms. The largest absolute Gasteiger partial charge is 0.331 e. The first kappa shape index (κ1) is 17.2. The van der Waals surface area contributed by atoms with Crippen LogP contribution in [0.15, 0.2) is 36.4 Å². The minimum absolute atomic E-state index is 0.390. The van der Waals surface area contributed by atoms with E-state index in [9.17, 15) is 4.79 Å². The third kappa shape index (κ3) is 5.20. The Balaban J connectivity index is 1.34. The summed E-state index contributed by atoms with van der Waals surface area (Å²) in [6, 6.07) is 10.5. The number of nitrogens with one attached hydrogen (secondary N) is 1. The lowest BCUT2D eigenvalue weighted by Gasteiger charge is -2.32. The van der Waals surface area contributed by atoms with Crippen LogP contribution < -0.4 is 4.90 Å². The molecule has 1 aliphatic carbocycles. The fourth-order valence-corrected chi connectivity index (χ4v) is 3.99. The van der Waals surface area contributed by atoms with Gasteiger partial charge in [-0.15, -0.1) is 0 Å². The number of quaternary nitrogens is 1. The van der Waals surface area contributed by atoms with E-state index in [0.29, 0.717) is 5.91 Å². The number of carbonyl (C=O) groups excluding carboxylic acids is 1. The molecular weight excluding hydrogens is 296 g/mol. The van der Waals surface area contributed by atoms with Crippen LogP contribution >= 0.6 is 0 Å². The number of amides is 1. The van der Waals surface area contributed by atoms with Gasteiger partial charge in [-0.1, -0.05) is 62.1 Å². The van der Waals surface area contributed by atoms with E-state index in [2.05, 4.69) is 41.3 Å². The van der Waals surface area contributed by atoms with E-state index in [1.165, 1.54) is 31.2 Å². The monoisotopic (exact) mass is 327 g/mol. The third-order valence-corrected chi connectivity index (χ3v) is 5.58. The van der Waals surface area contributed by atoms with Crippen LogP contribution in [0.3, 0.4) is 0 Å². The zero-order valence-electron chi connectivity index (χ0n) is 14.8. The fourth-order valence-electron chi connectivity index (χ4n) is 3.99. The Bertz CT molecular complexity index is 526. The molecule has 1 saturated heterocycles. The summed E-state index contributed by atoms with van der Waals surface area (Å²) in [5.74, 6) is 1.21. The minimum atomic E-state index is 0.390. The van der Waals surface area contributed by atoms with E-state index >= 15 is 0 Å². The number of benzene rings is 1. The molecular formula is C21H31N2O+. The van der Waals surface area contributed by atoms with Gasteiger partial charge >= 0.3 is 0 Å². The Kier molecular flexibility index (Phi) is 6.48. The summed E-state index contributed by atoms with van der Waals surface area (Å²) in [6.07, 6.45) is 11.8. The molecule has 24 heavy (non-hydrogen) atoms. The molecule has 1 aromatic carbocycles. The third-order valence-electron chi connectivity index (χ3n) is 5.58. The lowest BCUT2D eigenvalue weighted by atomic mass is 10.0. The number of hydrogen-bond acceptors (Lipinski definition) is 1. The number of carbonyl (C=O) groups is 1. The van der Waals surface area contributed by atoms with E-state index in [1.807, 2.05) is 6.07 Å². The molecule has 2 fully saturated rings. The molecule has 3 heteroatoms. The van der Waals surface area contributed by atoms with E-state index in [4.69, 9.17) is 0 Å². The van der Waals surface area contributed by atoms with Gasteiger partial charge in [-0.2, -0.15) is 0 Å². The van der Waals surface area contributed by atoms with Crippen LogP contribution in [0.2, 0.25) is 0 Å². The van der Waals surface area contributed by atoms with Crippen molar-refractivity contribution >= 4 is 12.0 Å². The van der Waals surface area contributed by atoms with Crippen molar-refractivity contribution in [2.75, 3.05) is 32.7 Å². The maximum Gasteiger partial charge on any atom is 0.222 e. The van der Waals surface area contributed by atoms with Crippen molar-refractivity contribution in [1.29, 1.82) is 0 Å². The Morgan fingerprint density at radius 1 is 1.12 bits per heavy atom. The maximum atomic E-state index is 12.4. The first-order valence-corrected chi connectivity index (χ1v) is 9.64. The SMILES string of the molecule is O=C(CCC1CCCC1)N1CC[NH+](CC=Cc2ccccc2)CC1. The second-order valence-corrected chi connectivity index (χ2v) is 7.34. The smallest absolute Gasteiger partial charge is 0.222 e. The van der Waals surface area contributed by atoms with Gasteiger partial charge in [0.15, 0.2) is 0 Å². The average Bonchev–Trinajstić information content (AvgIpc) is 3.15. The number of nitrogens with zero attached hydrogens (tertiary/aromatic N) is 1. The minimum Gasteiger partial charge on any atom is -0.331 e. The Labute approximate surface area is 146 Å². The molecule has 130 valence electrons. The topological polar surface area (TPSA) is 24.8 Å². The van der Waals surface area contributed by atoms with Gasteiger partial charge in [0.05, 0.1) is 32.7 Å². The zero-order chi connectivity index (χ0) is 16.6. The van der Waals surface area contributed by atoms with Crippen LogP contribution in [0.4, 0.5) is 0 Å². The predicted molar refractivity (Wildman–Crippen MR) is 98.8 cm³/mol. The highest BCUT2D eigenvalue weighted by molar-refractivity contribution is 5.76. The van der Waals surface area contributed by atoms with Crippen LogP contribution in [0, 0.1) is 5.92 Å². The summed E-state index contributed by atoms with van der Waals surface area (Å²) in [7, 11) is 0. The van der Waals surface area contributed by atoms with Gasteiger partial charge in [-0.3, -0.25) is 4.79 Å². The van der Waals surface area contributed by atoms with Crippen molar-refractivity contribution in [3.63, 3.8) is 0 Å². The fraction of sp³-hybridized carbons (Fsp3) is 0.571. The van der Waals surface area contributed by atoms with Crippen molar-refractivity contribution in [3.05, 3.63) is 42.0 Å². The molecule has 2 aliphatic rings. The Hall–Kier alpha value is -1.61. The summed E-state index contributed by atoms with van der Waals surface area (Å²) in [6.45, 7) is 5.07. The first-order chi connectivity index (χ1) is 11.8. The molecule has 3 rings (SSSR count). The van der Waals surface area contributed by atoms with Gasteiger partial charge in [0, 0.05) is 6.42 Å². The highest BCUT2D eigenvalue weighted by Gasteiger charge is 2.24. The summed E-state index contributed by atoms with van der Waals surface area (Å²) < 4.78 is 0. The molecule has 0 bridgehead atoms. The second-order valence-electron chi connectivity index (χ2n) is 7.34. The number of piperazine rings is 1. The molecule has 1 aliphatic heterocycles. The van der Waals surface area contributed by atoms with Crippen molar-refractivity contribution in [2.24, 2.45) is 5.92 Å². The summed E-state index contributed by atoms with van der Waals surface area (Å²) in [4.78, 5) is 16.0. The highest BCUT2D eigenvalue weighted by atomic mass is 16.2. The van der Waals surface area contributed by atoms with Gasteiger partial charge in [-0.25, -0.2) is 0 Å². The molecule has 1 saturated carbocycles. The molecule has 0 atom stereocenters. The van der Waals surface area contributed by atoms with Gasteiger partial charge in [0.2, 0.25) is 5.91 Å². The van der Waals surface area contributed by atoms with E-state index in [-0.39, 0.29) is 0 Å². The molecule has 1 N–H and O–H groups in total. The normalized spacial score (nSPS) is 20.1. The van der Waals surface area contributed by atoms with Crippen LogP contribution in [0.25, 0.3) is 6.08 Å². The second kappa shape index (κ2) is 9.03. The Morgan fingerprint density at radius 3 is 2.54 bits per heavy atom. The van der Waals surface area contributed by atoms with Crippen LogP contribution in [-0.4, -0.2) is 43.5 Å². The number of hydrogen-bond donors (Lipinski definition) is 1. The van der Waals surface area contributed by atoms with E-state index in [0.717, 1.165) is 51.5 Å². The Morgan fingerprint density at radius 2 is 1.83 bits per heavy atom. The van der Waals surface area contributed by atoms with E-state index < -0.39 is 0 Å². The number of rotatable bonds is 6. The van der Waals surface area contributed by atoms with Crippen LogP contribution in [0.5, 0.6) is 0 Å². The molecule has 1 heterocycles. The van der Waals surface area contributed by atoms with Gasteiger partial charge in [0.25, 0.3) is 0 Å². The van der Waals surface area contributed by atoms with Gasteiger partial charge in [-0.05, 0) is 24.0 Å². The van der Waals surface area contributed by atoms with Crippen molar-refractivity contribution in [1.82, 2.24) is 4.90 Å². The summed E-state index contributed by atoms with van der Waals surface area (Å²) in [5.41, 5.74) is 1.26. The summed E-state index contributed by atoms with van der Waals surface area (Å²) >= 11 is 0. The van der Waals surface area contributed by atoms with Gasteiger partial charge < -0.3 is 9.80 Å². The molecule has 0 radical (unpaired) electrons. The molecule has 1 amide bonds. The standard InChI is InChI=1S/C21H30N2O/c24-21(13-12-20-9-4-5-10-20)23-17-15-22(16-18-23)14-6-11-19-7-2-1-3-8-19/h1-3,6-8,11,20H,4-5,9-10,12-18H2/p+1. The zero-order valence-corrected chi connectivity index (χ0v) is 14.8. The maximum absolute atomic E-state index is 12.4. The van der Waals surface area contributed by atoms with E-state index in [1.54, 1.807) is 4.90 Å². The van der Waals surface area contributed by atoms with Crippen LogP contribution in [0.1, 0.15) is 44.1 Å². The van der Waals surface area contributed by atoms with Crippen LogP contribution in [-0.2, 0) is 4.79 Å².